The number of rotatable bonds is 9. The first-order valence-electron chi connectivity index (χ1n) is 12.5. The number of aromatic hydroxyl groups is 2. The number of para-hydroxylation sites is 1. The number of ether oxygens (including phenoxy) is 1. The number of hydrogen-bond donors (Lipinski definition) is 3. The van der Waals surface area contributed by atoms with Gasteiger partial charge in [0.25, 0.3) is 5.91 Å². The van der Waals surface area contributed by atoms with Crippen LogP contribution in [0, 0.1) is 0 Å². The molecule has 3 N–H and O–H groups in total. The quantitative estimate of drug-likeness (QED) is 0.110. The maximum Gasteiger partial charge on any atom is 0.308 e. The summed E-state index contributed by atoms with van der Waals surface area (Å²) >= 11 is 0. The van der Waals surface area contributed by atoms with Gasteiger partial charge in [-0.15, -0.1) is 0 Å². The molecule has 1 heterocycles. The summed E-state index contributed by atoms with van der Waals surface area (Å²) in [5.41, 5.74) is 4.95. The smallest absolute Gasteiger partial charge is 0.308 e. The van der Waals surface area contributed by atoms with Crippen LogP contribution >= 0.6 is 0 Å². The van der Waals surface area contributed by atoms with Crippen molar-refractivity contribution < 1.29 is 24.5 Å². The zero-order chi connectivity index (χ0) is 27.1. The van der Waals surface area contributed by atoms with Gasteiger partial charge in [-0.3, -0.25) is 9.59 Å². The number of benzene rings is 2. The minimum atomic E-state index is -0.529. The van der Waals surface area contributed by atoms with E-state index in [1.165, 1.54) is 35.1 Å². The van der Waals surface area contributed by atoms with Crippen molar-refractivity contribution in [3.05, 3.63) is 70.8 Å². The molecule has 2 aromatic rings. The van der Waals surface area contributed by atoms with Gasteiger partial charge < -0.3 is 25.2 Å². The summed E-state index contributed by atoms with van der Waals surface area (Å²) in [7, 11) is 0. The minimum Gasteiger partial charge on any atom is -0.508 e. The number of carbonyl (C=O) groups is 2. The molecule has 0 bridgehead atoms. The summed E-state index contributed by atoms with van der Waals surface area (Å²) in [4.78, 5) is 26.8. The summed E-state index contributed by atoms with van der Waals surface area (Å²) in [6.07, 6.45) is 10.3. The fourth-order valence-corrected chi connectivity index (χ4v) is 4.16. The lowest BCUT2D eigenvalue weighted by atomic mass is 10.1. The average Bonchev–Trinajstić information content (AvgIpc) is 2.92. The molecule has 7 nitrogen and oxygen atoms in total. The molecule has 0 fully saturated rings. The molecule has 3 rings (SSSR count). The van der Waals surface area contributed by atoms with Crippen LogP contribution in [0.5, 0.6) is 17.2 Å². The largest absolute Gasteiger partial charge is 0.508 e. The highest BCUT2D eigenvalue weighted by atomic mass is 16.5. The van der Waals surface area contributed by atoms with Gasteiger partial charge in [0.15, 0.2) is 5.75 Å². The zero-order valence-corrected chi connectivity index (χ0v) is 22.2. The number of esters is 1. The maximum atomic E-state index is 13.7. The second-order valence-electron chi connectivity index (χ2n) is 9.63. The molecule has 0 aliphatic carbocycles. The number of nitrogens with one attached hydrogen (secondary N) is 1. The Balaban J connectivity index is 1.86. The van der Waals surface area contributed by atoms with E-state index in [0.29, 0.717) is 5.69 Å². The van der Waals surface area contributed by atoms with Gasteiger partial charge in [0, 0.05) is 25.6 Å². The van der Waals surface area contributed by atoms with Crippen LogP contribution in [-0.2, 0) is 4.79 Å². The van der Waals surface area contributed by atoms with Crippen molar-refractivity contribution in [1.82, 2.24) is 0 Å². The topological polar surface area (TPSA) is 99.1 Å². The first kappa shape index (κ1) is 27.6. The zero-order valence-electron chi connectivity index (χ0n) is 22.2. The lowest BCUT2D eigenvalue weighted by molar-refractivity contribution is -0.131. The van der Waals surface area contributed by atoms with Crippen LogP contribution in [0.25, 0.3) is 0 Å². The predicted molar refractivity (Wildman–Crippen MR) is 148 cm³/mol. The van der Waals surface area contributed by atoms with Crippen molar-refractivity contribution in [1.29, 1.82) is 0 Å². The summed E-state index contributed by atoms with van der Waals surface area (Å²) in [6.45, 7) is 9.91. The Morgan fingerprint density at radius 1 is 0.946 bits per heavy atom. The van der Waals surface area contributed by atoms with Crippen LogP contribution in [0.1, 0.15) is 70.7 Å². The van der Waals surface area contributed by atoms with E-state index in [0.717, 1.165) is 31.3 Å². The van der Waals surface area contributed by atoms with Crippen LogP contribution in [0.3, 0.4) is 0 Å². The molecule has 0 aromatic heterocycles. The van der Waals surface area contributed by atoms with E-state index < -0.39 is 5.97 Å². The van der Waals surface area contributed by atoms with Crippen molar-refractivity contribution in [2.75, 3.05) is 16.8 Å². The number of anilines is 3. The summed E-state index contributed by atoms with van der Waals surface area (Å²) in [5, 5.41) is 23.8. The number of nitrogens with zero attached hydrogens (tertiary/aromatic N) is 1. The molecule has 0 unspecified atom stereocenters. The molecule has 2 aromatic carbocycles. The average molecular weight is 505 g/mol. The van der Waals surface area contributed by atoms with Gasteiger partial charge in [-0.25, -0.2) is 0 Å². The van der Waals surface area contributed by atoms with Crippen LogP contribution in [0.15, 0.2) is 65.3 Å². The first-order chi connectivity index (χ1) is 17.6. The molecule has 0 radical (unpaired) electrons. The number of hydrogen-bond acceptors (Lipinski definition) is 6. The molecular formula is C30H36N2O5. The van der Waals surface area contributed by atoms with E-state index >= 15 is 0 Å². The number of phenols is 2. The molecule has 7 heteroatoms. The first-order valence-corrected chi connectivity index (χ1v) is 12.5. The highest BCUT2D eigenvalue weighted by molar-refractivity contribution is 6.15. The van der Waals surface area contributed by atoms with Crippen LogP contribution in [0.2, 0.25) is 0 Å². The number of amides is 1. The van der Waals surface area contributed by atoms with E-state index in [1.54, 1.807) is 18.2 Å². The molecule has 1 aliphatic heterocycles. The third kappa shape index (κ3) is 7.26. The third-order valence-electron chi connectivity index (χ3n) is 6.12. The minimum absolute atomic E-state index is 0.170. The van der Waals surface area contributed by atoms with Crippen LogP contribution < -0.4 is 15.0 Å². The molecule has 0 atom stereocenters. The van der Waals surface area contributed by atoms with E-state index in [1.807, 2.05) is 13.0 Å². The summed E-state index contributed by atoms with van der Waals surface area (Å²) in [5.74, 6) is -1.10. The fourth-order valence-electron chi connectivity index (χ4n) is 4.16. The van der Waals surface area contributed by atoms with E-state index in [4.69, 9.17) is 4.74 Å². The van der Waals surface area contributed by atoms with Gasteiger partial charge in [0.05, 0.1) is 16.9 Å². The van der Waals surface area contributed by atoms with Crippen LogP contribution in [-0.4, -0.2) is 28.6 Å². The lowest BCUT2D eigenvalue weighted by Crippen LogP contribution is -2.30. The molecule has 1 amide bonds. The second kappa shape index (κ2) is 12.3. The Hall–Kier alpha value is -4.00. The van der Waals surface area contributed by atoms with Crippen molar-refractivity contribution >= 4 is 28.9 Å². The van der Waals surface area contributed by atoms with E-state index in [2.05, 4.69) is 38.2 Å². The normalized spacial score (nSPS) is 13.3. The van der Waals surface area contributed by atoms with Crippen molar-refractivity contribution in [2.24, 2.45) is 0 Å². The lowest BCUT2D eigenvalue weighted by Gasteiger charge is -2.22. The number of carbonyl (C=O) groups excluding carboxylic acids is 2. The highest BCUT2D eigenvalue weighted by Crippen LogP contribution is 2.46. The van der Waals surface area contributed by atoms with E-state index in [-0.39, 0.29) is 46.6 Å². The Labute approximate surface area is 218 Å². The standard InChI is InChI=1S/C30H36N2O5/c1-19(2)9-6-10-20(3)11-7-12-21(4)15-16-32-25-17-23(34)18-26(35)29(25)31-28-24(30(32)36)13-8-14-27(28)37-22(5)33/h8-9,11,13-15,17-18,31,34-35H,6-7,10,12,16H2,1-5H3. The Morgan fingerprint density at radius 3 is 2.30 bits per heavy atom. The summed E-state index contributed by atoms with van der Waals surface area (Å²) in [6, 6.07) is 7.47. The number of phenolic OH excluding ortho intramolecular Hbond substituents is 2. The van der Waals surface area contributed by atoms with Gasteiger partial charge in [0.1, 0.15) is 17.2 Å². The Kier molecular flexibility index (Phi) is 9.17. The van der Waals surface area contributed by atoms with Gasteiger partial charge >= 0.3 is 5.97 Å². The van der Waals surface area contributed by atoms with Crippen molar-refractivity contribution in [3.8, 4) is 17.2 Å². The molecule has 196 valence electrons. The van der Waals surface area contributed by atoms with Gasteiger partial charge in [-0.1, -0.05) is 41.0 Å². The monoisotopic (exact) mass is 504 g/mol. The van der Waals surface area contributed by atoms with Gasteiger partial charge in [-0.05, 0) is 65.5 Å². The van der Waals surface area contributed by atoms with Crippen molar-refractivity contribution in [2.45, 2.75) is 60.3 Å². The molecule has 0 saturated carbocycles. The molecule has 37 heavy (non-hydrogen) atoms. The highest BCUT2D eigenvalue weighted by Gasteiger charge is 2.30. The summed E-state index contributed by atoms with van der Waals surface area (Å²) < 4.78 is 5.30. The Morgan fingerprint density at radius 2 is 1.62 bits per heavy atom. The molecule has 0 saturated heterocycles. The second-order valence-corrected chi connectivity index (χ2v) is 9.63. The van der Waals surface area contributed by atoms with Gasteiger partial charge in [-0.2, -0.15) is 0 Å². The number of fused-ring (bicyclic) bond motifs is 2. The molecule has 0 spiro atoms. The van der Waals surface area contributed by atoms with Gasteiger partial charge in [0.2, 0.25) is 0 Å². The number of allylic oxidation sites excluding steroid dienone is 5. The van der Waals surface area contributed by atoms with Crippen LogP contribution in [0.4, 0.5) is 17.1 Å². The molecule has 1 aliphatic rings. The Bertz CT molecular complexity index is 1270. The fraction of sp³-hybridized carbons (Fsp3) is 0.333. The maximum absolute atomic E-state index is 13.7. The molecular weight excluding hydrogens is 468 g/mol. The SMILES string of the molecule is CC(=O)Oc1cccc2c1Nc1c(O)cc(O)cc1N(CC=C(C)CCC=C(C)CCC=C(C)C)C2=O. The third-order valence-corrected chi connectivity index (χ3v) is 6.12. The predicted octanol–water partition coefficient (Wildman–Crippen LogP) is 7.15. The van der Waals surface area contributed by atoms with Crippen molar-refractivity contribution in [3.63, 3.8) is 0 Å². The van der Waals surface area contributed by atoms with E-state index in [9.17, 15) is 19.8 Å².